The van der Waals surface area contributed by atoms with Gasteiger partial charge in [0.15, 0.2) is 11.6 Å². The van der Waals surface area contributed by atoms with Crippen molar-refractivity contribution < 1.29 is 4.74 Å². The van der Waals surface area contributed by atoms with Gasteiger partial charge in [-0.05, 0) is 28.9 Å². The van der Waals surface area contributed by atoms with E-state index in [2.05, 4.69) is 25.9 Å². The average Bonchev–Trinajstić information content (AvgIpc) is 2.20. The van der Waals surface area contributed by atoms with E-state index in [1.54, 1.807) is 13.3 Å². The highest BCUT2D eigenvalue weighted by Gasteiger charge is 2.05. The summed E-state index contributed by atoms with van der Waals surface area (Å²) in [4.78, 5) is 10.5. The standard InChI is InChI=1S/C10H14BrN3O/c1-7(14(2)3)13-10-9(15-4)5-8(11)6-12-10/h5-6H,1-4H3. The summed E-state index contributed by atoms with van der Waals surface area (Å²) < 4.78 is 6.06. The zero-order valence-corrected chi connectivity index (χ0v) is 10.9. The summed E-state index contributed by atoms with van der Waals surface area (Å²) in [5.41, 5.74) is 0. The number of nitrogens with zero attached hydrogens (tertiary/aromatic N) is 3. The number of amidine groups is 1. The van der Waals surface area contributed by atoms with Crippen molar-refractivity contribution >= 4 is 27.6 Å². The van der Waals surface area contributed by atoms with Gasteiger partial charge in [-0.3, -0.25) is 0 Å². The molecule has 0 fully saturated rings. The molecular weight excluding hydrogens is 258 g/mol. The Labute approximate surface area is 98.1 Å². The van der Waals surface area contributed by atoms with Crippen molar-refractivity contribution in [1.82, 2.24) is 9.88 Å². The molecule has 1 aromatic heterocycles. The second-order valence-corrected chi connectivity index (χ2v) is 4.15. The number of rotatable bonds is 2. The highest BCUT2D eigenvalue weighted by atomic mass is 79.9. The van der Waals surface area contributed by atoms with E-state index < -0.39 is 0 Å². The summed E-state index contributed by atoms with van der Waals surface area (Å²) in [6.07, 6.45) is 1.70. The van der Waals surface area contributed by atoms with Crippen LogP contribution in [0.4, 0.5) is 5.82 Å². The molecule has 0 bridgehead atoms. The molecule has 15 heavy (non-hydrogen) atoms. The summed E-state index contributed by atoms with van der Waals surface area (Å²) in [6.45, 7) is 1.92. The first kappa shape index (κ1) is 12.0. The lowest BCUT2D eigenvalue weighted by molar-refractivity contribution is 0.414. The maximum Gasteiger partial charge on any atom is 0.196 e. The number of pyridine rings is 1. The third-order valence-electron chi connectivity index (χ3n) is 1.93. The maximum absolute atomic E-state index is 5.19. The smallest absolute Gasteiger partial charge is 0.196 e. The minimum Gasteiger partial charge on any atom is -0.493 e. The number of ether oxygens (including phenoxy) is 1. The van der Waals surface area contributed by atoms with Gasteiger partial charge >= 0.3 is 0 Å². The predicted molar refractivity (Wildman–Crippen MR) is 64.9 cm³/mol. The van der Waals surface area contributed by atoms with Crippen molar-refractivity contribution in [2.24, 2.45) is 4.99 Å². The first-order valence-corrected chi connectivity index (χ1v) is 5.26. The number of hydrogen-bond acceptors (Lipinski definition) is 3. The molecule has 0 aliphatic rings. The number of hydrogen-bond donors (Lipinski definition) is 0. The van der Waals surface area contributed by atoms with Crippen molar-refractivity contribution in [1.29, 1.82) is 0 Å². The van der Waals surface area contributed by atoms with Crippen LogP contribution >= 0.6 is 15.9 Å². The van der Waals surface area contributed by atoms with Crippen molar-refractivity contribution in [3.05, 3.63) is 16.7 Å². The Kier molecular flexibility index (Phi) is 4.08. The fourth-order valence-electron chi connectivity index (χ4n) is 0.901. The van der Waals surface area contributed by atoms with E-state index in [0.717, 1.165) is 10.3 Å². The lowest BCUT2D eigenvalue weighted by Gasteiger charge is -2.11. The zero-order valence-electron chi connectivity index (χ0n) is 9.28. The molecule has 1 aromatic rings. The molecule has 0 saturated carbocycles. The monoisotopic (exact) mass is 271 g/mol. The van der Waals surface area contributed by atoms with Crippen LogP contribution < -0.4 is 4.74 Å². The van der Waals surface area contributed by atoms with E-state index in [0.29, 0.717) is 11.6 Å². The SMILES string of the molecule is COc1cc(Br)cnc1N=C(C)N(C)C. The largest absolute Gasteiger partial charge is 0.493 e. The average molecular weight is 272 g/mol. The van der Waals surface area contributed by atoms with E-state index in [9.17, 15) is 0 Å². The van der Waals surface area contributed by atoms with Gasteiger partial charge in [-0.1, -0.05) is 0 Å². The fourth-order valence-corrected chi connectivity index (χ4v) is 1.21. The third kappa shape index (κ3) is 3.20. The van der Waals surface area contributed by atoms with Crippen LogP contribution in [0.5, 0.6) is 5.75 Å². The predicted octanol–water partition coefficient (Wildman–Crippen LogP) is 2.46. The molecular formula is C10H14BrN3O. The minimum absolute atomic E-state index is 0.590. The van der Waals surface area contributed by atoms with Crippen LogP contribution in [-0.2, 0) is 0 Å². The first-order chi connectivity index (χ1) is 7.04. The number of methoxy groups -OCH3 is 1. The normalized spacial score (nSPS) is 11.4. The van der Waals surface area contributed by atoms with Crippen molar-refractivity contribution in [2.75, 3.05) is 21.2 Å². The van der Waals surface area contributed by atoms with Crippen molar-refractivity contribution in [2.45, 2.75) is 6.92 Å². The second kappa shape index (κ2) is 5.11. The van der Waals surface area contributed by atoms with Crippen LogP contribution in [0.2, 0.25) is 0 Å². The van der Waals surface area contributed by atoms with E-state index in [1.807, 2.05) is 32.0 Å². The summed E-state index contributed by atoms with van der Waals surface area (Å²) in [7, 11) is 5.47. The van der Waals surface area contributed by atoms with E-state index in [4.69, 9.17) is 4.74 Å². The summed E-state index contributed by atoms with van der Waals surface area (Å²) in [5.74, 6) is 2.13. The number of aliphatic imine (C=N–C) groups is 1. The third-order valence-corrected chi connectivity index (χ3v) is 2.37. The second-order valence-electron chi connectivity index (χ2n) is 3.23. The fraction of sp³-hybridized carbons (Fsp3) is 0.400. The molecule has 0 aliphatic carbocycles. The quantitative estimate of drug-likeness (QED) is 0.613. The van der Waals surface area contributed by atoms with Gasteiger partial charge in [-0.25, -0.2) is 9.98 Å². The Morgan fingerprint density at radius 1 is 1.53 bits per heavy atom. The molecule has 82 valence electrons. The Balaban J connectivity index is 3.09. The summed E-state index contributed by atoms with van der Waals surface area (Å²) in [5, 5.41) is 0. The summed E-state index contributed by atoms with van der Waals surface area (Å²) in [6, 6.07) is 1.84. The van der Waals surface area contributed by atoms with Gasteiger partial charge in [-0.15, -0.1) is 0 Å². The van der Waals surface area contributed by atoms with Crippen LogP contribution in [0.15, 0.2) is 21.7 Å². The maximum atomic E-state index is 5.19. The molecule has 1 rings (SSSR count). The number of aromatic nitrogens is 1. The van der Waals surface area contributed by atoms with Crippen LogP contribution in [0, 0.1) is 0 Å². The van der Waals surface area contributed by atoms with Crippen LogP contribution in [0.3, 0.4) is 0 Å². The van der Waals surface area contributed by atoms with Crippen molar-refractivity contribution in [3.63, 3.8) is 0 Å². The molecule has 0 atom stereocenters. The Morgan fingerprint density at radius 3 is 2.73 bits per heavy atom. The number of halogens is 1. The molecule has 1 heterocycles. The first-order valence-electron chi connectivity index (χ1n) is 4.46. The Hall–Kier alpha value is -1.10. The topological polar surface area (TPSA) is 37.7 Å². The molecule has 0 radical (unpaired) electrons. The minimum atomic E-state index is 0.590. The van der Waals surface area contributed by atoms with Gasteiger partial charge in [0.25, 0.3) is 0 Å². The molecule has 0 saturated heterocycles. The Morgan fingerprint density at radius 2 is 2.20 bits per heavy atom. The molecule has 0 unspecified atom stereocenters. The highest BCUT2D eigenvalue weighted by molar-refractivity contribution is 9.10. The molecule has 5 heteroatoms. The van der Waals surface area contributed by atoms with E-state index in [-0.39, 0.29) is 0 Å². The van der Waals surface area contributed by atoms with Gasteiger partial charge in [0.05, 0.1) is 7.11 Å². The molecule has 0 spiro atoms. The summed E-state index contributed by atoms with van der Waals surface area (Å²) >= 11 is 3.33. The molecule has 0 N–H and O–H groups in total. The lowest BCUT2D eigenvalue weighted by Crippen LogP contribution is -2.17. The van der Waals surface area contributed by atoms with Crippen LogP contribution in [-0.4, -0.2) is 36.9 Å². The lowest BCUT2D eigenvalue weighted by atomic mass is 10.4. The van der Waals surface area contributed by atoms with E-state index in [1.165, 1.54) is 0 Å². The molecule has 0 amide bonds. The zero-order chi connectivity index (χ0) is 11.4. The van der Waals surface area contributed by atoms with Crippen molar-refractivity contribution in [3.8, 4) is 5.75 Å². The highest BCUT2D eigenvalue weighted by Crippen LogP contribution is 2.27. The van der Waals surface area contributed by atoms with E-state index >= 15 is 0 Å². The molecule has 4 nitrogen and oxygen atoms in total. The van der Waals surface area contributed by atoms with Gasteiger partial charge < -0.3 is 9.64 Å². The van der Waals surface area contributed by atoms with Gasteiger partial charge in [0.1, 0.15) is 5.84 Å². The van der Waals surface area contributed by atoms with Gasteiger partial charge in [0.2, 0.25) is 0 Å². The van der Waals surface area contributed by atoms with Gasteiger partial charge in [-0.2, -0.15) is 0 Å². The Bertz CT molecular complexity index is 377. The van der Waals surface area contributed by atoms with Crippen LogP contribution in [0.1, 0.15) is 6.92 Å². The van der Waals surface area contributed by atoms with Crippen LogP contribution in [0.25, 0.3) is 0 Å². The molecule has 0 aliphatic heterocycles. The van der Waals surface area contributed by atoms with Gasteiger partial charge in [0, 0.05) is 24.8 Å². The molecule has 0 aromatic carbocycles.